The summed E-state index contributed by atoms with van der Waals surface area (Å²) in [4.78, 5) is 36.9. The largest absolute Gasteiger partial charge is 0.336 e. The predicted octanol–water partition coefficient (Wildman–Crippen LogP) is 1.40. The van der Waals surface area contributed by atoms with Crippen molar-refractivity contribution < 1.29 is 9.59 Å². The summed E-state index contributed by atoms with van der Waals surface area (Å²) in [6.07, 6.45) is 6.51. The van der Waals surface area contributed by atoms with Crippen LogP contribution in [0.3, 0.4) is 0 Å². The van der Waals surface area contributed by atoms with Crippen LogP contribution in [-0.4, -0.2) is 56.8 Å². The quantitative estimate of drug-likeness (QED) is 0.828. The second kappa shape index (κ2) is 5.66. The van der Waals surface area contributed by atoms with Crippen molar-refractivity contribution in [3.05, 3.63) is 23.8 Å². The minimum atomic E-state index is -0.169. The molecular formula is C16H22N4O2. The highest BCUT2D eigenvalue weighted by molar-refractivity contribution is 5.92. The highest BCUT2D eigenvalue weighted by Gasteiger charge is 2.47. The van der Waals surface area contributed by atoms with E-state index in [2.05, 4.69) is 9.97 Å². The molecule has 6 heteroatoms. The summed E-state index contributed by atoms with van der Waals surface area (Å²) in [5.74, 6) is 0.133. The Kier molecular flexibility index (Phi) is 3.85. The molecule has 0 aromatic carbocycles. The van der Waals surface area contributed by atoms with Crippen LogP contribution in [0.1, 0.15) is 48.8 Å². The Labute approximate surface area is 130 Å². The summed E-state index contributed by atoms with van der Waals surface area (Å²) in [5.41, 5.74) is 1.01. The van der Waals surface area contributed by atoms with Gasteiger partial charge < -0.3 is 9.80 Å². The normalized spacial score (nSPS) is 25.1. The van der Waals surface area contributed by atoms with Crippen molar-refractivity contribution in [1.82, 2.24) is 19.8 Å². The number of aryl methyl sites for hydroxylation is 1. The Bertz CT molecular complexity index is 586. The van der Waals surface area contributed by atoms with Gasteiger partial charge in [0, 0.05) is 32.3 Å². The number of hydrogen-bond acceptors (Lipinski definition) is 4. The van der Waals surface area contributed by atoms with Crippen molar-refractivity contribution in [2.75, 3.05) is 19.6 Å². The number of nitrogens with zero attached hydrogens (tertiary/aromatic N) is 4. The third-order valence-electron chi connectivity index (χ3n) is 4.84. The van der Waals surface area contributed by atoms with Gasteiger partial charge in [-0.2, -0.15) is 0 Å². The van der Waals surface area contributed by atoms with Crippen LogP contribution in [0, 0.1) is 6.92 Å². The summed E-state index contributed by atoms with van der Waals surface area (Å²) in [6.45, 7) is 5.91. The second-order valence-electron chi connectivity index (χ2n) is 6.24. The highest BCUT2D eigenvalue weighted by atomic mass is 16.2. The first-order chi connectivity index (χ1) is 10.6. The summed E-state index contributed by atoms with van der Waals surface area (Å²) < 4.78 is 0. The number of amides is 2. The fourth-order valence-corrected chi connectivity index (χ4v) is 3.76. The summed E-state index contributed by atoms with van der Waals surface area (Å²) in [5, 5.41) is 0. The average molecular weight is 302 g/mol. The first-order valence-electron chi connectivity index (χ1n) is 7.94. The molecule has 1 aromatic rings. The molecule has 118 valence electrons. The maximum Gasteiger partial charge on any atom is 0.274 e. The molecule has 2 aliphatic heterocycles. The van der Waals surface area contributed by atoms with Gasteiger partial charge in [0.05, 0.1) is 17.4 Å². The number of rotatable bonds is 2. The maximum atomic E-state index is 12.6. The topological polar surface area (TPSA) is 66.4 Å². The van der Waals surface area contributed by atoms with E-state index in [1.165, 1.54) is 6.20 Å². The van der Waals surface area contributed by atoms with Crippen LogP contribution in [0.25, 0.3) is 0 Å². The molecule has 0 radical (unpaired) electrons. The van der Waals surface area contributed by atoms with E-state index in [0.717, 1.165) is 31.5 Å². The van der Waals surface area contributed by atoms with E-state index < -0.39 is 0 Å². The summed E-state index contributed by atoms with van der Waals surface area (Å²) >= 11 is 0. The number of carbonyl (C=O) groups excluding carboxylic acids is 2. The molecule has 2 amide bonds. The van der Waals surface area contributed by atoms with Gasteiger partial charge in [0.1, 0.15) is 5.69 Å². The van der Waals surface area contributed by atoms with E-state index >= 15 is 0 Å². The molecule has 0 N–H and O–H groups in total. The number of aromatic nitrogens is 2. The van der Waals surface area contributed by atoms with Crippen molar-refractivity contribution in [2.24, 2.45) is 0 Å². The van der Waals surface area contributed by atoms with E-state index in [-0.39, 0.29) is 17.4 Å². The third-order valence-corrected chi connectivity index (χ3v) is 4.84. The van der Waals surface area contributed by atoms with Crippen molar-refractivity contribution in [1.29, 1.82) is 0 Å². The van der Waals surface area contributed by atoms with Crippen LogP contribution in [0.2, 0.25) is 0 Å². The van der Waals surface area contributed by atoms with Gasteiger partial charge in [0.2, 0.25) is 5.91 Å². The SMILES string of the molecule is CCN1C(=O)CCC12CCCN(C(=O)c1cnc(C)cn1)C2. The molecule has 0 saturated carbocycles. The van der Waals surface area contributed by atoms with Gasteiger partial charge >= 0.3 is 0 Å². The van der Waals surface area contributed by atoms with Gasteiger partial charge in [-0.3, -0.25) is 14.6 Å². The molecule has 2 saturated heterocycles. The second-order valence-corrected chi connectivity index (χ2v) is 6.24. The summed E-state index contributed by atoms with van der Waals surface area (Å²) in [7, 11) is 0. The third kappa shape index (κ3) is 2.46. The van der Waals surface area contributed by atoms with Crippen LogP contribution < -0.4 is 0 Å². The predicted molar refractivity (Wildman–Crippen MR) is 81.3 cm³/mol. The minimum absolute atomic E-state index is 0.0815. The Balaban J connectivity index is 1.80. The molecule has 6 nitrogen and oxygen atoms in total. The molecule has 0 aliphatic carbocycles. The monoisotopic (exact) mass is 302 g/mol. The maximum absolute atomic E-state index is 12.6. The molecule has 2 aliphatic rings. The molecule has 1 atom stereocenters. The van der Waals surface area contributed by atoms with Gasteiger partial charge in [-0.25, -0.2) is 4.98 Å². The van der Waals surface area contributed by atoms with Gasteiger partial charge in [-0.1, -0.05) is 0 Å². The zero-order valence-corrected chi connectivity index (χ0v) is 13.2. The van der Waals surface area contributed by atoms with Gasteiger partial charge in [0.25, 0.3) is 5.91 Å². The lowest BCUT2D eigenvalue weighted by atomic mass is 9.86. The van der Waals surface area contributed by atoms with Crippen LogP contribution in [0.4, 0.5) is 0 Å². The Morgan fingerprint density at radius 1 is 1.32 bits per heavy atom. The van der Waals surface area contributed by atoms with Crippen molar-refractivity contribution in [3.8, 4) is 0 Å². The molecule has 0 bridgehead atoms. The molecule has 1 aromatic heterocycles. The zero-order valence-electron chi connectivity index (χ0n) is 13.2. The molecule has 1 unspecified atom stereocenters. The number of carbonyl (C=O) groups is 2. The first kappa shape index (κ1) is 14.9. The van der Waals surface area contributed by atoms with Crippen LogP contribution >= 0.6 is 0 Å². The minimum Gasteiger partial charge on any atom is -0.336 e. The highest BCUT2D eigenvalue weighted by Crippen LogP contribution is 2.37. The molecule has 2 fully saturated rings. The number of likely N-dealkylation sites (N-methyl/N-ethyl adjacent to an activating group) is 1. The Hall–Kier alpha value is -1.98. The molecule has 3 rings (SSSR count). The first-order valence-corrected chi connectivity index (χ1v) is 7.94. The van der Waals surface area contributed by atoms with Crippen LogP contribution in [0.15, 0.2) is 12.4 Å². The van der Waals surface area contributed by atoms with Crippen molar-refractivity contribution in [3.63, 3.8) is 0 Å². The molecule has 3 heterocycles. The lowest BCUT2D eigenvalue weighted by molar-refractivity contribution is -0.132. The average Bonchev–Trinajstić information content (AvgIpc) is 2.83. The van der Waals surface area contributed by atoms with Crippen molar-refractivity contribution in [2.45, 2.75) is 45.1 Å². The Morgan fingerprint density at radius 2 is 2.14 bits per heavy atom. The van der Waals surface area contributed by atoms with Crippen molar-refractivity contribution >= 4 is 11.8 Å². The van der Waals surface area contributed by atoms with Crippen LogP contribution in [-0.2, 0) is 4.79 Å². The fourth-order valence-electron chi connectivity index (χ4n) is 3.76. The van der Waals surface area contributed by atoms with Crippen LogP contribution in [0.5, 0.6) is 0 Å². The van der Waals surface area contributed by atoms with Gasteiger partial charge in [-0.15, -0.1) is 0 Å². The fraction of sp³-hybridized carbons (Fsp3) is 0.625. The van der Waals surface area contributed by atoms with E-state index in [9.17, 15) is 9.59 Å². The van der Waals surface area contributed by atoms with E-state index in [4.69, 9.17) is 0 Å². The standard InChI is InChI=1S/C16H22N4O2/c1-3-20-14(21)5-7-16(20)6-4-8-19(11-16)15(22)13-10-17-12(2)9-18-13/h9-10H,3-8,11H2,1-2H3. The summed E-state index contributed by atoms with van der Waals surface area (Å²) in [6, 6.07) is 0. The van der Waals surface area contributed by atoms with E-state index in [1.807, 2.05) is 23.6 Å². The number of hydrogen-bond donors (Lipinski definition) is 0. The smallest absolute Gasteiger partial charge is 0.274 e. The zero-order chi connectivity index (χ0) is 15.7. The lowest BCUT2D eigenvalue weighted by Gasteiger charge is -2.45. The van der Waals surface area contributed by atoms with Gasteiger partial charge in [-0.05, 0) is 33.1 Å². The lowest BCUT2D eigenvalue weighted by Crippen LogP contribution is -2.57. The molecular weight excluding hydrogens is 280 g/mol. The Morgan fingerprint density at radius 3 is 2.82 bits per heavy atom. The molecule has 1 spiro atoms. The van der Waals surface area contributed by atoms with Gasteiger partial charge in [0.15, 0.2) is 0 Å². The van der Waals surface area contributed by atoms with E-state index in [1.54, 1.807) is 6.20 Å². The number of piperidine rings is 1. The van der Waals surface area contributed by atoms with E-state index in [0.29, 0.717) is 25.2 Å². The number of likely N-dealkylation sites (tertiary alicyclic amines) is 2. The molecule has 22 heavy (non-hydrogen) atoms.